The average molecular weight is 312 g/mol. The van der Waals surface area contributed by atoms with Gasteiger partial charge in [-0.15, -0.1) is 12.6 Å². The number of nitrogens with zero attached hydrogens (tertiary/aromatic N) is 1. The molecular formula is C18H14FNOS. The number of hydrogen-bond acceptors (Lipinski definition) is 2. The summed E-state index contributed by atoms with van der Waals surface area (Å²) in [6, 6.07) is 17.4. The van der Waals surface area contributed by atoms with E-state index in [1.54, 1.807) is 19.2 Å². The van der Waals surface area contributed by atoms with Crippen molar-refractivity contribution in [1.29, 1.82) is 0 Å². The van der Waals surface area contributed by atoms with Crippen molar-refractivity contribution in [2.45, 2.75) is 4.90 Å². The molecule has 2 nitrogen and oxygen atoms in total. The van der Waals surface area contributed by atoms with Gasteiger partial charge < -0.3 is 4.90 Å². The molecule has 110 valence electrons. The van der Waals surface area contributed by atoms with Crippen LogP contribution in [0.2, 0.25) is 0 Å². The fraction of sp³-hybridized carbons (Fsp3) is 0.0556. The molecule has 0 radical (unpaired) electrons. The lowest BCUT2D eigenvalue weighted by Gasteiger charge is -2.20. The molecule has 3 aromatic carbocycles. The maximum absolute atomic E-state index is 13.8. The molecule has 0 saturated carbocycles. The number of hydrogen-bond donors (Lipinski definition) is 1. The lowest BCUT2D eigenvalue weighted by molar-refractivity contribution is 0.0989. The smallest absolute Gasteiger partial charge is 0.261 e. The van der Waals surface area contributed by atoms with E-state index in [1.807, 2.05) is 36.4 Å². The van der Waals surface area contributed by atoms with Crippen molar-refractivity contribution in [3.63, 3.8) is 0 Å². The minimum absolute atomic E-state index is 0.0543. The maximum Gasteiger partial charge on any atom is 0.261 e. The Labute approximate surface area is 133 Å². The van der Waals surface area contributed by atoms with Crippen molar-refractivity contribution < 1.29 is 9.18 Å². The van der Waals surface area contributed by atoms with E-state index in [-0.39, 0.29) is 11.5 Å². The molecule has 0 aliphatic heterocycles. The second-order valence-electron chi connectivity index (χ2n) is 5.00. The molecule has 0 bridgehead atoms. The number of amides is 1. The predicted molar refractivity (Wildman–Crippen MR) is 90.3 cm³/mol. The van der Waals surface area contributed by atoms with Gasteiger partial charge in [0, 0.05) is 17.3 Å². The highest BCUT2D eigenvalue weighted by Crippen LogP contribution is 2.32. The Balaban J connectivity index is 2.12. The van der Waals surface area contributed by atoms with Gasteiger partial charge in [0.05, 0.1) is 11.3 Å². The fourth-order valence-corrected chi connectivity index (χ4v) is 2.84. The lowest BCUT2D eigenvalue weighted by atomic mass is 10.1. The van der Waals surface area contributed by atoms with E-state index in [0.29, 0.717) is 5.69 Å². The third kappa shape index (κ3) is 2.46. The summed E-state index contributed by atoms with van der Waals surface area (Å²) in [6.07, 6.45) is 0. The van der Waals surface area contributed by atoms with Gasteiger partial charge in [-0.1, -0.05) is 36.4 Å². The second-order valence-corrected chi connectivity index (χ2v) is 5.48. The van der Waals surface area contributed by atoms with Gasteiger partial charge >= 0.3 is 0 Å². The standard InChI is InChI=1S/C18H14FNOS/c1-20(18(21)13-8-2-3-9-14(13)19)15-10-4-6-12-7-5-11-16(22)17(12)15/h2-11,22H,1H3/i18+1. The van der Waals surface area contributed by atoms with Crippen LogP contribution in [0.15, 0.2) is 65.6 Å². The molecule has 0 N–H and O–H groups in total. The molecule has 0 heterocycles. The molecule has 0 aliphatic rings. The Kier molecular flexibility index (Phi) is 3.86. The largest absolute Gasteiger partial charge is 0.311 e. The van der Waals surface area contributed by atoms with Crippen LogP contribution in [-0.2, 0) is 0 Å². The summed E-state index contributed by atoms with van der Waals surface area (Å²) in [7, 11) is 1.64. The zero-order chi connectivity index (χ0) is 15.7. The monoisotopic (exact) mass is 312 g/mol. The van der Waals surface area contributed by atoms with E-state index >= 15 is 0 Å². The highest BCUT2D eigenvalue weighted by atomic mass is 32.1. The van der Waals surface area contributed by atoms with Gasteiger partial charge in [-0.25, -0.2) is 4.39 Å². The zero-order valence-electron chi connectivity index (χ0n) is 12.0. The molecule has 0 aromatic heterocycles. The van der Waals surface area contributed by atoms with Crippen LogP contribution < -0.4 is 4.90 Å². The summed E-state index contributed by atoms with van der Waals surface area (Å²) >= 11 is 4.48. The molecule has 0 fully saturated rings. The fourth-order valence-electron chi connectivity index (χ4n) is 2.51. The van der Waals surface area contributed by atoms with Gasteiger partial charge in [0.1, 0.15) is 5.82 Å². The first-order valence-corrected chi connectivity index (χ1v) is 7.27. The molecule has 22 heavy (non-hydrogen) atoms. The van der Waals surface area contributed by atoms with Crippen molar-refractivity contribution in [2.24, 2.45) is 0 Å². The number of anilines is 1. The average Bonchev–Trinajstić information content (AvgIpc) is 2.54. The van der Waals surface area contributed by atoms with Crippen LogP contribution in [-0.4, -0.2) is 13.0 Å². The maximum atomic E-state index is 13.8. The van der Waals surface area contributed by atoms with Crippen molar-refractivity contribution in [3.05, 3.63) is 72.0 Å². The Morgan fingerprint density at radius 2 is 1.68 bits per heavy atom. The number of carbonyl (C=O) groups is 1. The lowest BCUT2D eigenvalue weighted by Crippen LogP contribution is -2.27. The van der Waals surface area contributed by atoms with Crippen LogP contribution >= 0.6 is 12.6 Å². The molecule has 4 heteroatoms. The first-order valence-electron chi connectivity index (χ1n) is 6.83. The van der Waals surface area contributed by atoms with Crippen LogP contribution in [0.5, 0.6) is 0 Å². The number of thiol groups is 1. The molecule has 3 aromatic rings. The first kappa shape index (κ1) is 14.6. The second kappa shape index (κ2) is 5.81. The summed E-state index contributed by atoms with van der Waals surface area (Å²) in [5, 5.41) is 1.86. The van der Waals surface area contributed by atoms with E-state index in [1.165, 1.54) is 17.0 Å². The summed E-state index contributed by atoms with van der Waals surface area (Å²) < 4.78 is 13.8. The Morgan fingerprint density at radius 3 is 2.41 bits per heavy atom. The Bertz CT molecular complexity index is 857. The SMILES string of the molecule is CN(c1cccc2cccc(S)c12)[13C](=O)c1ccccc1F. The quantitative estimate of drug-likeness (QED) is 0.544. The number of halogens is 1. The highest BCUT2D eigenvalue weighted by Gasteiger charge is 2.19. The molecule has 1 amide bonds. The van der Waals surface area contributed by atoms with Crippen LogP contribution in [0.3, 0.4) is 0 Å². The molecule has 3 rings (SSSR count). The number of carbonyl (C=O) groups excluding carboxylic acids is 1. The van der Waals surface area contributed by atoms with Crippen molar-refractivity contribution in [1.82, 2.24) is 0 Å². The van der Waals surface area contributed by atoms with Gasteiger partial charge in [-0.2, -0.15) is 0 Å². The third-order valence-corrected chi connectivity index (χ3v) is 4.00. The molecular weight excluding hydrogens is 298 g/mol. The Hall–Kier alpha value is -2.33. The van der Waals surface area contributed by atoms with Crippen molar-refractivity contribution >= 4 is 35.0 Å². The summed E-state index contributed by atoms with van der Waals surface area (Å²) in [5.74, 6) is -0.909. The van der Waals surface area contributed by atoms with Crippen LogP contribution in [0, 0.1) is 5.82 Å². The Morgan fingerprint density at radius 1 is 1.00 bits per heavy atom. The van der Waals surface area contributed by atoms with Crippen LogP contribution in [0.4, 0.5) is 10.1 Å². The van der Waals surface area contributed by atoms with E-state index in [9.17, 15) is 9.18 Å². The van der Waals surface area contributed by atoms with Crippen LogP contribution in [0.25, 0.3) is 10.8 Å². The molecule has 0 aliphatic carbocycles. The third-order valence-electron chi connectivity index (χ3n) is 3.63. The van der Waals surface area contributed by atoms with Gasteiger partial charge in [-0.05, 0) is 29.7 Å². The molecule has 0 unspecified atom stereocenters. The topological polar surface area (TPSA) is 20.3 Å². The summed E-state index contributed by atoms with van der Waals surface area (Å²) in [4.78, 5) is 14.8. The molecule has 0 saturated heterocycles. The van der Waals surface area contributed by atoms with Crippen LogP contribution in [0.1, 0.15) is 10.4 Å². The highest BCUT2D eigenvalue weighted by molar-refractivity contribution is 7.80. The van der Waals surface area contributed by atoms with Gasteiger partial charge in [0.2, 0.25) is 0 Å². The molecule has 0 atom stereocenters. The van der Waals surface area contributed by atoms with Crippen molar-refractivity contribution in [2.75, 3.05) is 11.9 Å². The van der Waals surface area contributed by atoms with E-state index < -0.39 is 5.82 Å². The van der Waals surface area contributed by atoms with Gasteiger partial charge in [0.15, 0.2) is 0 Å². The van der Waals surface area contributed by atoms with E-state index in [2.05, 4.69) is 12.6 Å². The van der Waals surface area contributed by atoms with Crippen molar-refractivity contribution in [3.8, 4) is 0 Å². The number of fused-ring (bicyclic) bond motifs is 1. The minimum atomic E-state index is -0.523. The molecule has 0 spiro atoms. The van der Waals surface area contributed by atoms with E-state index in [4.69, 9.17) is 0 Å². The number of rotatable bonds is 2. The number of benzene rings is 3. The summed E-state index contributed by atoms with van der Waals surface area (Å²) in [6.45, 7) is 0. The first-order chi connectivity index (χ1) is 10.6. The zero-order valence-corrected chi connectivity index (χ0v) is 12.8. The predicted octanol–water partition coefficient (Wildman–Crippen LogP) is 4.54. The summed E-state index contributed by atoms with van der Waals surface area (Å²) in [5.41, 5.74) is 0.759. The van der Waals surface area contributed by atoms with Gasteiger partial charge in [-0.3, -0.25) is 4.79 Å². The van der Waals surface area contributed by atoms with E-state index in [0.717, 1.165) is 15.7 Å². The normalized spacial score (nSPS) is 10.7. The minimum Gasteiger partial charge on any atom is -0.311 e. The van der Waals surface area contributed by atoms with Gasteiger partial charge in [0.25, 0.3) is 5.91 Å².